The van der Waals surface area contributed by atoms with Crippen molar-refractivity contribution in [1.82, 2.24) is 4.98 Å². The Balaban J connectivity index is 2.15. The molecule has 0 radical (unpaired) electrons. The zero-order valence-electron chi connectivity index (χ0n) is 10.4. The van der Waals surface area contributed by atoms with E-state index in [4.69, 9.17) is 5.73 Å². The van der Waals surface area contributed by atoms with Crippen LogP contribution in [0.2, 0.25) is 0 Å². The zero-order valence-corrected chi connectivity index (χ0v) is 10.4. The van der Waals surface area contributed by atoms with Gasteiger partial charge >= 0.3 is 0 Å². The molecule has 96 valence electrons. The molecule has 3 N–H and O–H groups in total. The number of hydrogen-bond donors (Lipinski definition) is 2. The first-order valence-corrected chi connectivity index (χ1v) is 5.70. The van der Waals surface area contributed by atoms with Crippen LogP contribution in [0.15, 0.2) is 42.7 Å². The van der Waals surface area contributed by atoms with Gasteiger partial charge in [0.15, 0.2) is 5.78 Å². The van der Waals surface area contributed by atoms with Crippen LogP contribution in [-0.4, -0.2) is 16.7 Å². The van der Waals surface area contributed by atoms with Crippen LogP contribution in [0.3, 0.4) is 0 Å². The van der Waals surface area contributed by atoms with Crippen molar-refractivity contribution in [3.8, 4) is 0 Å². The molecule has 0 unspecified atom stereocenters. The van der Waals surface area contributed by atoms with Crippen LogP contribution in [0.5, 0.6) is 0 Å². The molecule has 0 spiro atoms. The van der Waals surface area contributed by atoms with Crippen LogP contribution in [-0.2, 0) is 0 Å². The van der Waals surface area contributed by atoms with E-state index < -0.39 is 0 Å². The number of carbonyl (C=O) groups is 2. The van der Waals surface area contributed by atoms with Gasteiger partial charge in [0.05, 0.1) is 5.56 Å². The van der Waals surface area contributed by atoms with Crippen molar-refractivity contribution in [2.24, 2.45) is 0 Å². The number of rotatable bonds is 3. The van der Waals surface area contributed by atoms with E-state index in [1.807, 2.05) is 0 Å². The summed E-state index contributed by atoms with van der Waals surface area (Å²) in [5, 5.41) is 2.69. The van der Waals surface area contributed by atoms with Crippen LogP contribution in [0.1, 0.15) is 27.6 Å². The van der Waals surface area contributed by atoms with Gasteiger partial charge in [-0.15, -0.1) is 0 Å². The molecule has 19 heavy (non-hydrogen) atoms. The third-order valence-corrected chi connectivity index (χ3v) is 2.65. The number of nitrogens with one attached hydrogen (secondary N) is 1. The number of aromatic nitrogens is 1. The topological polar surface area (TPSA) is 85.1 Å². The third kappa shape index (κ3) is 2.95. The molecule has 0 aliphatic heterocycles. The van der Waals surface area contributed by atoms with Gasteiger partial charge in [0, 0.05) is 29.3 Å². The molecule has 0 fully saturated rings. The summed E-state index contributed by atoms with van der Waals surface area (Å²) in [6, 6.07) is 8.21. The number of amides is 1. The van der Waals surface area contributed by atoms with Crippen molar-refractivity contribution in [3.05, 3.63) is 53.9 Å². The molecule has 1 heterocycles. The van der Waals surface area contributed by atoms with E-state index in [0.29, 0.717) is 22.5 Å². The highest BCUT2D eigenvalue weighted by Gasteiger charge is 2.09. The molecular weight excluding hydrogens is 242 g/mol. The number of nitrogens with zero attached hydrogens (tertiary/aromatic N) is 1. The predicted molar refractivity (Wildman–Crippen MR) is 73.0 cm³/mol. The number of pyridine rings is 1. The Hall–Kier alpha value is -2.69. The van der Waals surface area contributed by atoms with Crippen LogP contribution in [0.25, 0.3) is 0 Å². The van der Waals surface area contributed by atoms with Crippen molar-refractivity contribution >= 4 is 23.1 Å². The molecule has 2 aromatic rings. The van der Waals surface area contributed by atoms with E-state index in [-0.39, 0.29) is 11.7 Å². The Kier molecular flexibility index (Phi) is 3.56. The minimum Gasteiger partial charge on any atom is -0.398 e. The number of ketones is 1. The normalized spacial score (nSPS) is 9.95. The maximum atomic E-state index is 12.0. The first kappa shape index (κ1) is 12.8. The maximum absolute atomic E-state index is 12.0. The van der Waals surface area contributed by atoms with E-state index in [0.717, 1.165) is 0 Å². The molecule has 1 aromatic carbocycles. The van der Waals surface area contributed by atoms with Crippen molar-refractivity contribution in [3.63, 3.8) is 0 Å². The van der Waals surface area contributed by atoms with Gasteiger partial charge in [-0.25, -0.2) is 0 Å². The molecule has 1 aromatic heterocycles. The lowest BCUT2D eigenvalue weighted by Gasteiger charge is -2.07. The fraction of sp³-hybridized carbons (Fsp3) is 0.0714. The average Bonchev–Trinajstić information content (AvgIpc) is 2.39. The van der Waals surface area contributed by atoms with Gasteiger partial charge in [0.25, 0.3) is 5.91 Å². The maximum Gasteiger partial charge on any atom is 0.259 e. The zero-order chi connectivity index (χ0) is 13.8. The highest BCUT2D eigenvalue weighted by atomic mass is 16.1. The molecule has 0 atom stereocenters. The molecule has 1 amide bonds. The van der Waals surface area contributed by atoms with Crippen molar-refractivity contribution in [2.75, 3.05) is 11.1 Å². The molecule has 0 bridgehead atoms. The summed E-state index contributed by atoms with van der Waals surface area (Å²) in [6.07, 6.45) is 2.93. The van der Waals surface area contributed by atoms with E-state index in [2.05, 4.69) is 10.3 Å². The largest absolute Gasteiger partial charge is 0.398 e. The Bertz CT molecular complexity index is 621. The van der Waals surface area contributed by atoms with Gasteiger partial charge in [-0.1, -0.05) is 0 Å². The summed E-state index contributed by atoms with van der Waals surface area (Å²) in [4.78, 5) is 26.9. The molecule has 0 aliphatic rings. The smallest absolute Gasteiger partial charge is 0.259 e. The second-order valence-corrected chi connectivity index (χ2v) is 4.05. The minimum absolute atomic E-state index is 0.0191. The number of hydrogen-bond acceptors (Lipinski definition) is 4. The predicted octanol–water partition coefficient (Wildman–Crippen LogP) is 2.12. The number of benzene rings is 1. The van der Waals surface area contributed by atoms with Gasteiger partial charge in [-0.2, -0.15) is 0 Å². The highest BCUT2D eigenvalue weighted by molar-refractivity contribution is 6.07. The first-order chi connectivity index (χ1) is 9.08. The summed E-state index contributed by atoms with van der Waals surface area (Å²) in [7, 11) is 0. The number of nitrogens with two attached hydrogens (primary N) is 1. The molecule has 5 nitrogen and oxygen atoms in total. The Labute approximate surface area is 110 Å². The van der Waals surface area contributed by atoms with E-state index >= 15 is 0 Å². The van der Waals surface area contributed by atoms with Crippen LogP contribution < -0.4 is 11.1 Å². The number of nitrogen functional groups attached to an aromatic ring is 1. The van der Waals surface area contributed by atoms with Crippen LogP contribution in [0.4, 0.5) is 11.4 Å². The Morgan fingerprint density at radius 3 is 2.42 bits per heavy atom. The fourth-order valence-electron chi connectivity index (χ4n) is 1.58. The second kappa shape index (κ2) is 5.30. The lowest BCUT2D eigenvalue weighted by molar-refractivity contribution is 0.101. The summed E-state index contributed by atoms with van der Waals surface area (Å²) < 4.78 is 0. The molecule has 5 heteroatoms. The second-order valence-electron chi connectivity index (χ2n) is 4.05. The minimum atomic E-state index is -0.332. The molecule has 0 aliphatic carbocycles. The van der Waals surface area contributed by atoms with Gasteiger partial charge in [-0.05, 0) is 37.3 Å². The number of Topliss-reactive ketones (excluding diaryl/α,β-unsaturated/α-hetero) is 1. The van der Waals surface area contributed by atoms with Crippen molar-refractivity contribution in [1.29, 1.82) is 0 Å². The highest BCUT2D eigenvalue weighted by Crippen LogP contribution is 2.14. The van der Waals surface area contributed by atoms with E-state index in [9.17, 15) is 9.59 Å². The first-order valence-electron chi connectivity index (χ1n) is 5.70. The number of anilines is 2. The SMILES string of the molecule is CC(=O)c1ccc(NC(=O)c2cnccc2N)cc1. The van der Waals surface area contributed by atoms with Crippen LogP contribution in [0, 0.1) is 0 Å². The average molecular weight is 255 g/mol. The standard InChI is InChI=1S/C14H13N3O2/c1-9(18)10-2-4-11(5-3-10)17-14(19)12-8-16-7-6-13(12)15/h2-8H,1H3,(H2,15,16)(H,17,19). The van der Waals surface area contributed by atoms with Gasteiger partial charge in [0.1, 0.15) is 0 Å². The third-order valence-electron chi connectivity index (χ3n) is 2.65. The van der Waals surface area contributed by atoms with E-state index in [1.165, 1.54) is 19.3 Å². The molecular formula is C14H13N3O2. The Morgan fingerprint density at radius 1 is 1.16 bits per heavy atom. The lowest BCUT2D eigenvalue weighted by Crippen LogP contribution is -2.14. The number of carbonyl (C=O) groups excluding carboxylic acids is 2. The van der Waals surface area contributed by atoms with Crippen molar-refractivity contribution < 1.29 is 9.59 Å². The summed E-state index contributed by atoms with van der Waals surface area (Å²) in [6.45, 7) is 1.49. The molecule has 0 saturated heterocycles. The summed E-state index contributed by atoms with van der Waals surface area (Å²) in [5.74, 6) is -0.351. The van der Waals surface area contributed by atoms with Crippen LogP contribution >= 0.6 is 0 Å². The summed E-state index contributed by atoms with van der Waals surface area (Å²) >= 11 is 0. The van der Waals surface area contributed by atoms with Gasteiger partial charge in [-0.3, -0.25) is 14.6 Å². The Morgan fingerprint density at radius 2 is 1.84 bits per heavy atom. The molecule has 0 saturated carbocycles. The van der Waals surface area contributed by atoms with Gasteiger partial charge in [0.2, 0.25) is 0 Å². The monoisotopic (exact) mass is 255 g/mol. The lowest BCUT2D eigenvalue weighted by atomic mass is 10.1. The quantitative estimate of drug-likeness (QED) is 0.822. The fourth-order valence-corrected chi connectivity index (χ4v) is 1.58. The van der Waals surface area contributed by atoms with E-state index in [1.54, 1.807) is 30.3 Å². The molecule has 2 rings (SSSR count). The summed E-state index contributed by atoms with van der Waals surface area (Å²) in [5.41, 5.74) is 7.57. The van der Waals surface area contributed by atoms with Gasteiger partial charge < -0.3 is 11.1 Å². The van der Waals surface area contributed by atoms with Crippen molar-refractivity contribution in [2.45, 2.75) is 6.92 Å².